The molecule has 12 heteroatoms. The summed E-state index contributed by atoms with van der Waals surface area (Å²) in [7, 11) is 0. The average Bonchev–Trinajstić information content (AvgIpc) is 3.04. The van der Waals surface area contributed by atoms with Crippen molar-refractivity contribution >= 4 is 23.9 Å². The van der Waals surface area contributed by atoms with E-state index in [2.05, 4.69) is 10.0 Å². The minimum Gasteiger partial charge on any atom is -0.465 e. The lowest BCUT2D eigenvalue weighted by Crippen LogP contribution is -2.48. The Morgan fingerprint density at radius 2 is 1.11 bits per heavy atom. The largest absolute Gasteiger partial charge is 0.465 e. The summed E-state index contributed by atoms with van der Waals surface area (Å²) in [4.78, 5) is 53.8. The minimum atomic E-state index is -1.49. The molecule has 0 aromatic carbocycles. The highest BCUT2D eigenvalue weighted by Crippen LogP contribution is 2.35. The minimum absolute atomic E-state index is 0.422. The fourth-order valence-electron chi connectivity index (χ4n) is 2.83. The summed E-state index contributed by atoms with van der Waals surface area (Å²) in [6.07, 6.45) is -5.51. The normalized spacial score (nSPS) is 23.1. The van der Waals surface area contributed by atoms with Crippen LogP contribution in [0.25, 0.3) is 10.4 Å². The van der Waals surface area contributed by atoms with Gasteiger partial charge in [-0.3, -0.25) is 19.2 Å². The number of carbonyl (C=O) groups is 4. The summed E-state index contributed by atoms with van der Waals surface area (Å²) in [5, 5.41) is 3.71. The van der Waals surface area contributed by atoms with E-state index in [0.717, 1.165) is 0 Å². The summed E-state index contributed by atoms with van der Waals surface area (Å²) in [5.41, 5.74) is 5.54. The highest BCUT2D eigenvalue weighted by molar-refractivity contribution is 5.78. The molecule has 0 bridgehead atoms. The van der Waals surface area contributed by atoms with Crippen molar-refractivity contribution < 1.29 is 42.9 Å². The van der Waals surface area contributed by atoms with Crippen molar-refractivity contribution in [2.45, 2.75) is 114 Å². The van der Waals surface area contributed by atoms with Crippen molar-refractivity contribution in [1.82, 2.24) is 0 Å². The fraction of sp³-hybridized carbons (Fsp3) is 0.846. The zero-order valence-corrected chi connectivity index (χ0v) is 24.6. The number of nitrogens with zero attached hydrogens (tertiary/aromatic N) is 3. The first-order chi connectivity index (χ1) is 17.0. The monoisotopic (exact) mass is 541 g/mol. The third kappa shape index (κ3) is 9.16. The van der Waals surface area contributed by atoms with Crippen molar-refractivity contribution in [2.75, 3.05) is 6.61 Å². The highest BCUT2D eigenvalue weighted by Gasteiger charge is 2.56. The van der Waals surface area contributed by atoms with Gasteiger partial charge in [0.15, 0.2) is 6.10 Å². The Kier molecular flexibility index (Phi) is 10.4. The van der Waals surface area contributed by atoms with E-state index in [0.29, 0.717) is 0 Å². The first kappa shape index (κ1) is 33.2. The molecule has 1 heterocycles. The molecule has 216 valence electrons. The zero-order valence-electron chi connectivity index (χ0n) is 24.6. The Labute approximate surface area is 224 Å². The van der Waals surface area contributed by atoms with E-state index in [1.165, 1.54) is 0 Å². The van der Waals surface area contributed by atoms with Crippen molar-refractivity contribution in [3.63, 3.8) is 0 Å². The molecule has 0 radical (unpaired) electrons. The number of hydrogen-bond donors (Lipinski definition) is 0. The Balaban J connectivity index is 3.57. The zero-order chi connectivity index (χ0) is 29.9. The number of azide groups is 1. The van der Waals surface area contributed by atoms with Crippen LogP contribution in [0.3, 0.4) is 0 Å². The summed E-state index contributed by atoms with van der Waals surface area (Å²) >= 11 is 0. The van der Waals surface area contributed by atoms with Gasteiger partial charge in [0, 0.05) is 4.91 Å². The van der Waals surface area contributed by atoms with Crippen LogP contribution in [0, 0.1) is 21.7 Å². The Hall–Kier alpha value is -2.85. The summed E-state index contributed by atoms with van der Waals surface area (Å²) in [6.45, 7) is 19.2. The van der Waals surface area contributed by atoms with Crippen LogP contribution in [-0.2, 0) is 42.9 Å². The molecule has 0 saturated carbocycles. The first-order valence-corrected chi connectivity index (χ1v) is 12.5. The smallest absolute Gasteiger partial charge is 0.313 e. The molecule has 3 unspecified atom stereocenters. The molecule has 0 aliphatic carbocycles. The molecule has 1 saturated heterocycles. The second kappa shape index (κ2) is 11.9. The van der Waals surface area contributed by atoms with Gasteiger partial charge in [-0.05, 0) is 88.6 Å². The maximum Gasteiger partial charge on any atom is 0.313 e. The molecule has 38 heavy (non-hydrogen) atoms. The van der Waals surface area contributed by atoms with Gasteiger partial charge in [-0.15, -0.1) is 0 Å². The van der Waals surface area contributed by atoms with E-state index in [1.807, 2.05) is 0 Å². The summed E-state index contributed by atoms with van der Waals surface area (Å²) in [6, 6.07) is -1.21. The third-order valence-electron chi connectivity index (χ3n) is 5.33. The first-order valence-electron chi connectivity index (χ1n) is 12.5. The number of ether oxygens (including phenoxy) is 5. The molecular weight excluding hydrogens is 498 g/mol. The molecular formula is C26H43N3O9. The van der Waals surface area contributed by atoms with Crippen molar-refractivity contribution in [3.8, 4) is 0 Å². The SMILES string of the molecule is CC(C)(C)C(=O)OCC(N=[N+]=[N-])[C@@H]1O[C@@H](OC(=O)C(C)(C)C)C(OC(=O)C(C)(C)C)C1OC(=O)C(C)(C)C. The molecule has 0 aromatic rings. The molecule has 1 aliphatic heterocycles. The van der Waals surface area contributed by atoms with Crippen LogP contribution in [0.1, 0.15) is 83.1 Å². The number of esters is 4. The summed E-state index contributed by atoms with van der Waals surface area (Å²) < 4.78 is 28.3. The topological polar surface area (TPSA) is 163 Å². The van der Waals surface area contributed by atoms with Gasteiger partial charge in [0.2, 0.25) is 12.4 Å². The van der Waals surface area contributed by atoms with Crippen LogP contribution < -0.4 is 0 Å². The van der Waals surface area contributed by atoms with E-state index in [4.69, 9.17) is 23.7 Å². The van der Waals surface area contributed by atoms with Crippen LogP contribution in [0.2, 0.25) is 0 Å². The maximum absolute atomic E-state index is 12.9. The van der Waals surface area contributed by atoms with Gasteiger partial charge in [0.1, 0.15) is 18.8 Å². The van der Waals surface area contributed by atoms with Gasteiger partial charge in [0.25, 0.3) is 0 Å². The number of hydrogen-bond acceptors (Lipinski definition) is 10. The molecule has 1 aliphatic rings. The van der Waals surface area contributed by atoms with Crippen molar-refractivity contribution in [3.05, 3.63) is 10.4 Å². The van der Waals surface area contributed by atoms with Crippen LogP contribution in [0.15, 0.2) is 5.11 Å². The molecule has 1 rings (SSSR count). The molecule has 0 amide bonds. The Morgan fingerprint density at radius 3 is 1.50 bits per heavy atom. The van der Waals surface area contributed by atoms with E-state index in [1.54, 1.807) is 83.1 Å². The molecule has 5 atom stereocenters. The molecule has 12 nitrogen and oxygen atoms in total. The second-order valence-corrected chi connectivity index (χ2v) is 13.5. The second-order valence-electron chi connectivity index (χ2n) is 13.5. The molecule has 1 fully saturated rings. The van der Waals surface area contributed by atoms with Gasteiger partial charge in [-0.25, -0.2) is 0 Å². The van der Waals surface area contributed by atoms with Gasteiger partial charge in [0.05, 0.1) is 21.7 Å². The Bertz CT molecular complexity index is 945. The number of rotatable bonds is 7. The lowest BCUT2D eigenvalue weighted by atomic mass is 9.95. The van der Waals surface area contributed by atoms with Crippen LogP contribution in [0.5, 0.6) is 0 Å². The van der Waals surface area contributed by atoms with Gasteiger partial charge in [-0.1, -0.05) is 5.11 Å². The predicted molar refractivity (Wildman–Crippen MR) is 136 cm³/mol. The summed E-state index contributed by atoms with van der Waals surface area (Å²) in [5.74, 6) is -2.56. The van der Waals surface area contributed by atoms with E-state index in [-0.39, 0.29) is 0 Å². The standard InChI is InChI=1S/C26H43N3O9/c1-23(2,3)19(30)34-13-14(28-29-27)15-16(36-20(31)24(4,5)6)17(37-21(32)25(7,8)9)18(35-15)38-22(33)26(10,11)12/h14-18H,13H2,1-12H3/t14?,15-,16?,17?,18-/m0/s1. The quantitative estimate of drug-likeness (QED) is 0.148. The van der Waals surface area contributed by atoms with Gasteiger partial charge < -0.3 is 23.7 Å². The Morgan fingerprint density at radius 1 is 0.711 bits per heavy atom. The molecule has 0 aromatic heterocycles. The van der Waals surface area contributed by atoms with E-state index in [9.17, 15) is 24.7 Å². The number of carbonyl (C=O) groups excluding carboxylic acids is 4. The van der Waals surface area contributed by atoms with E-state index < -0.39 is 82.8 Å². The fourth-order valence-corrected chi connectivity index (χ4v) is 2.83. The lowest BCUT2D eigenvalue weighted by Gasteiger charge is -2.30. The van der Waals surface area contributed by atoms with Crippen molar-refractivity contribution in [1.29, 1.82) is 0 Å². The average molecular weight is 542 g/mol. The lowest BCUT2D eigenvalue weighted by molar-refractivity contribution is -0.207. The van der Waals surface area contributed by atoms with Crippen LogP contribution in [-0.4, -0.2) is 61.1 Å². The maximum atomic E-state index is 12.9. The third-order valence-corrected chi connectivity index (χ3v) is 5.33. The van der Waals surface area contributed by atoms with Crippen LogP contribution >= 0.6 is 0 Å². The van der Waals surface area contributed by atoms with Crippen molar-refractivity contribution in [2.24, 2.45) is 26.8 Å². The van der Waals surface area contributed by atoms with Gasteiger partial charge in [-0.2, -0.15) is 0 Å². The molecule has 0 N–H and O–H groups in total. The van der Waals surface area contributed by atoms with Gasteiger partial charge >= 0.3 is 23.9 Å². The van der Waals surface area contributed by atoms with Crippen LogP contribution in [0.4, 0.5) is 0 Å². The van der Waals surface area contributed by atoms with E-state index >= 15 is 0 Å². The predicted octanol–water partition coefficient (Wildman–Crippen LogP) is 4.48. The highest BCUT2D eigenvalue weighted by atomic mass is 16.7. The molecule has 0 spiro atoms.